The lowest BCUT2D eigenvalue weighted by Gasteiger charge is -2.35. The summed E-state index contributed by atoms with van der Waals surface area (Å²) in [5.41, 5.74) is 11.8. The van der Waals surface area contributed by atoms with Crippen molar-refractivity contribution in [2.75, 3.05) is 18.0 Å². The summed E-state index contributed by atoms with van der Waals surface area (Å²) in [4.78, 5) is 36.7. The van der Waals surface area contributed by atoms with Crippen LogP contribution in [0.4, 0.5) is 5.69 Å². The molecule has 2 aromatic carbocycles. The summed E-state index contributed by atoms with van der Waals surface area (Å²) < 4.78 is 1.80. The van der Waals surface area contributed by atoms with Gasteiger partial charge in [0.1, 0.15) is 0 Å². The van der Waals surface area contributed by atoms with E-state index in [0.717, 1.165) is 59.0 Å². The molecule has 1 saturated heterocycles. The van der Waals surface area contributed by atoms with Gasteiger partial charge in [-0.3, -0.25) is 14.6 Å². The highest BCUT2D eigenvalue weighted by atomic mass is 16.2. The first-order valence-electron chi connectivity index (χ1n) is 14.0. The zero-order chi connectivity index (χ0) is 28.7. The number of nitrogens with one attached hydrogen (secondary N) is 1. The Kier molecular flexibility index (Phi) is 6.96. The highest BCUT2D eigenvalue weighted by molar-refractivity contribution is 6.04. The molecule has 0 aliphatic carbocycles. The predicted octanol–water partition coefficient (Wildman–Crippen LogP) is 4.96. The Morgan fingerprint density at radius 2 is 1.83 bits per heavy atom. The second kappa shape index (κ2) is 10.7. The van der Waals surface area contributed by atoms with E-state index in [1.165, 1.54) is 6.92 Å². The van der Waals surface area contributed by atoms with Gasteiger partial charge in [0.15, 0.2) is 5.65 Å². The molecule has 3 aromatic heterocycles. The molecular formula is C32H33N7O2. The third kappa shape index (κ3) is 4.82. The maximum absolute atomic E-state index is 13.0. The fourth-order valence-corrected chi connectivity index (χ4v) is 5.86. The van der Waals surface area contributed by atoms with Crippen molar-refractivity contribution < 1.29 is 9.59 Å². The summed E-state index contributed by atoms with van der Waals surface area (Å²) in [5.74, 6) is -0.596. The van der Waals surface area contributed by atoms with Crippen molar-refractivity contribution in [3.05, 3.63) is 78.2 Å². The van der Waals surface area contributed by atoms with Gasteiger partial charge in [0.05, 0.1) is 33.5 Å². The zero-order valence-electron chi connectivity index (χ0n) is 23.5. The van der Waals surface area contributed by atoms with E-state index in [2.05, 4.69) is 36.3 Å². The minimum atomic E-state index is -0.579. The van der Waals surface area contributed by atoms with Gasteiger partial charge < -0.3 is 16.0 Å². The predicted molar refractivity (Wildman–Crippen MR) is 161 cm³/mol. The minimum Gasteiger partial charge on any atom is -0.366 e. The second-order valence-electron chi connectivity index (χ2n) is 10.9. The monoisotopic (exact) mass is 547 g/mol. The number of rotatable bonds is 6. The van der Waals surface area contributed by atoms with E-state index in [0.29, 0.717) is 22.6 Å². The molecule has 1 aliphatic heterocycles. The van der Waals surface area contributed by atoms with Gasteiger partial charge in [0.2, 0.25) is 5.91 Å². The lowest BCUT2D eigenvalue weighted by atomic mass is 9.98. The van der Waals surface area contributed by atoms with Crippen LogP contribution in [-0.4, -0.2) is 50.7 Å². The van der Waals surface area contributed by atoms with Gasteiger partial charge in [-0.25, -0.2) is 9.67 Å². The number of hydrogen-bond donors (Lipinski definition) is 2. The van der Waals surface area contributed by atoms with E-state index in [1.54, 1.807) is 21.8 Å². The molecule has 0 unspecified atom stereocenters. The van der Waals surface area contributed by atoms with Crippen molar-refractivity contribution in [3.8, 4) is 16.8 Å². The van der Waals surface area contributed by atoms with Crippen LogP contribution in [0.3, 0.4) is 0 Å². The van der Waals surface area contributed by atoms with Gasteiger partial charge in [0, 0.05) is 36.3 Å². The largest absolute Gasteiger partial charge is 0.366 e. The van der Waals surface area contributed by atoms with Crippen molar-refractivity contribution >= 4 is 39.4 Å². The molecule has 41 heavy (non-hydrogen) atoms. The molecule has 3 N–H and O–H groups in total. The number of aromatic nitrogens is 4. The highest BCUT2D eigenvalue weighted by Crippen LogP contribution is 2.36. The fraction of sp³-hybridized carbons (Fsp3) is 0.281. The molecule has 5 aromatic rings. The lowest BCUT2D eigenvalue weighted by Crippen LogP contribution is -2.46. The zero-order valence-corrected chi connectivity index (χ0v) is 23.5. The number of hydrogen-bond acceptors (Lipinski definition) is 6. The Labute approximate surface area is 238 Å². The number of amides is 2. The molecule has 208 valence electrons. The van der Waals surface area contributed by atoms with Gasteiger partial charge in [-0.05, 0) is 73.8 Å². The van der Waals surface area contributed by atoms with Crippen molar-refractivity contribution in [1.29, 1.82) is 0 Å². The van der Waals surface area contributed by atoms with Gasteiger partial charge in [-0.2, -0.15) is 5.10 Å². The average molecular weight is 548 g/mol. The fourth-order valence-electron chi connectivity index (χ4n) is 5.86. The van der Waals surface area contributed by atoms with E-state index in [-0.39, 0.29) is 17.9 Å². The Morgan fingerprint density at radius 1 is 1.05 bits per heavy atom. The third-order valence-electron chi connectivity index (χ3n) is 7.81. The number of fused-ring (bicyclic) bond motifs is 2. The van der Waals surface area contributed by atoms with Crippen LogP contribution >= 0.6 is 0 Å². The minimum absolute atomic E-state index is 0.0344. The van der Waals surface area contributed by atoms with Crippen LogP contribution in [0, 0.1) is 0 Å². The molecular weight excluding hydrogens is 514 g/mol. The summed E-state index contributed by atoms with van der Waals surface area (Å²) in [6.45, 7) is 7.36. The van der Waals surface area contributed by atoms with E-state index < -0.39 is 5.91 Å². The number of piperidine rings is 1. The number of benzene rings is 2. The molecule has 0 bridgehead atoms. The quantitative estimate of drug-likeness (QED) is 0.310. The Bertz CT molecular complexity index is 1790. The molecule has 4 heterocycles. The van der Waals surface area contributed by atoms with Crippen molar-refractivity contribution in [2.45, 2.75) is 45.6 Å². The second-order valence-corrected chi connectivity index (χ2v) is 10.9. The molecule has 2 amide bonds. The summed E-state index contributed by atoms with van der Waals surface area (Å²) >= 11 is 0. The maximum atomic E-state index is 13.0. The molecule has 0 saturated carbocycles. The topological polar surface area (TPSA) is 119 Å². The van der Waals surface area contributed by atoms with Crippen LogP contribution < -0.4 is 16.0 Å². The first-order chi connectivity index (χ1) is 19.8. The van der Waals surface area contributed by atoms with Gasteiger partial charge in [0.25, 0.3) is 5.91 Å². The Hall–Kier alpha value is -4.63. The number of carbonyl (C=O) groups excluding carboxylic acids is 2. The Morgan fingerprint density at radius 3 is 2.56 bits per heavy atom. The van der Waals surface area contributed by atoms with Crippen molar-refractivity contribution in [1.82, 2.24) is 25.1 Å². The Balaban J connectivity index is 1.55. The SMILES string of the molecule is CC(=O)N(c1cc(-n2nc(C(C)C)c3c(-c4cnc5ccccc5c4)ccnc32)ccc1C(N)=O)C1CCNCC1. The lowest BCUT2D eigenvalue weighted by molar-refractivity contribution is -0.117. The number of anilines is 1. The molecule has 9 nitrogen and oxygen atoms in total. The highest BCUT2D eigenvalue weighted by Gasteiger charge is 2.29. The summed E-state index contributed by atoms with van der Waals surface area (Å²) in [5, 5.41) is 10.4. The maximum Gasteiger partial charge on any atom is 0.250 e. The van der Waals surface area contributed by atoms with Crippen LogP contribution in [0.2, 0.25) is 0 Å². The molecule has 0 atom stereocenters. The number of nitrogens with zero attached hydrogens (tertiary/aromatic N) is 5. The number of pyridine rings is 2. The summed E-state index contributed by atoms with van der Waals surface area (Å²) in [6, 6.07) is 17.5. The van der Waals surface area contributed by atoms with E-state index in [9.17, 15) is 9.59 Å². The van der Waals surface area contributed by atoms with Gasteiger partial charge in [-0.1, -0.05) is 32.0 Å². The summed E-state index contributed by atoms with van der Waals surface area (Å²) in [6.07, 6.45) is 5.25. The number of nitrogens with two attached hydrogens (primary N) is 1. The van der Waals surface area contributed by atoms with E-state index in [4.69, 9.17) is 15.8 Å². The normalized spacial score (nSPS) is 14.1. The van der Waals surface area contributed by atoms with Crippen LogP contribution in [0.1, 0.15) is 55.6 Å². The first-order valence-corrected chi connectivity index (χ1v) is 14.0. The number of primary amides is 1. The van der Waals surface area contributed by atoms with Crippen LogP contribution in [-0.2, 0) is 4.79 Å². The van der Waals surface area contributed by atoms with Crippen LogP contribution in [0.5, 0.6) is 0 Å². The van der Waals surface area contributed by atoms with E-state index in [1.807, 2.05) is 42.6 Å². The molecule has 1 fully saturated rings. The standard InChI is InChI=1S/C32H33N7O2/c1-19(2)30-29-25(22-16-21-6-4-5-7-27(21)36-18-22)12-15-35-32(29)39(37-30)24-8-9-26(31(33)41)28(17-24)38(20(3)40)23-10-13-34-14-11-23/h4-9,12,15-19,23,34H,10-11,13-14H2,1-3H3,(H2,33,41). The third-order valence-corrected chi connectivity index (χ3v) is 7.81. The van der Waals surface area contributed by atoms with Crippen molar-refractivity contribution in [3.63, 3.8) is 0 Å². The van der Waals surface area contributed by atoms with Gasteiger partial charge in [-0.15, -0.1) is 0 Å². The van der Waals surface area contributed by atoms with Gasteiger partial charge >= 0.3 is 0 Å². The first kappa shape index (κ1) is 26.6. The molecule has 0 radical (unpaired) electrons. The van der Waals surface area contributed by atoms with Crippen LogP contribution in [0.15, 0.2) is 67.0 Å². The molecule has 9 heteroatoms. The molecule has 0 spiro atoms. The van der Waals surface area contributed by atoms with E-state index >= 15 is 0 Å². The molecule has 1 aliphatic rings. The smallest absolute Gasteiger partial charge is 0.250 e. The van der Waals surface area contributed by atoms with Crippen molar-refractivity contribution in [2.24, 2.45) is 5.73 Å². The molecule has 6 rings (SSSR count). The summed E-state index contributed by atoms with van der Waals surface area (Å²) in [7, 11) is 0. The average Bonchev–Trinajstić information content (AvgIpc) is 3.38. The number of carbonyl (C=O) groups is 2. The number of para-hydroxylation sites is 1. The van der Waals surface area contributed by atoms with Crippen LogP contribution in [0.25, 0.3) is 38.8 Å².